The lowest BCUT2D eigenvalue weighted by atomic mass is 9.86. The van der Waals surface area contributed by atoms with Gasteiger partial charge in [-0.15, -0.1) is 32.9 Å². The molecule has 1 atom stereocenters. The maximum absolute atomic E-state index is 12.5. The van der Waals surface area contributed by atoms with E-state index < -0.39 is 0 Å². The molecular formula is C20H21N5OS3. The van der Waals surface area contributed by atoms with E-state index in [0.29, 0.717) is 21.6 Å². The molecule has 1 N–H and O–H groups in total. The van der Waals surface area contributed by atoms with E-state index in [-0.39, 0.29) is 11.7 Å². The second kappa shape index (κ2) is 8.69. The molecule has 3 aromatic rings. The largest absolute Gasteiger partial charge is 0.316 e. The van der Waals surface area contributed by atoms with E-state index in [1.54, 1.807) is 22.7 Å². The lowest BCUT2D eigenvalue weighted by Gasteiger charge is -2.20. The van der Waals surface area contributed by atoms with E-state index in [4.69, 9.17) is 0 Å². The summed E-state index contributed by atoms with van der Waals surface area (Å²) >= 11 is 4.52. The number of rotatable bonds is 6. The second-order valence-corrected chi connectivity index (χ2v) is 10.0. The summed E-state index contributed by atoms with van der Waals surface area (Å²) in [6, 6.07) is 6.29. The third-order valence-corrected chi connectivity index (χ3v) is 8.27. The van der Waals surface area contributed by atoms with Crippen LogP contribution in [0.2, 0.25) is 0 Å². The average Bonchev–Trinajstić information content (AvgIpc) is 3.44. The zero-order chi connectivity index (χ0) is 20.4. The van der Waals surface area contributed by atoms with E-state index in [9.17, 15) is 10.1 Å². The van der Waals surface area contributed by atoms with Gasteiger partial charge in [0.1, 0.15) is 11.1 Å². The number of thioether (sulfide) groups is 1. The van der Waals surface area contributed by atoms with Crippen molar-refractivity contribution < 1.29 is 4.79 Å². The van der Waals surface area contributed by atoms with Crippen LogP contribution in [0, 0.1) is 17.2 Å². The summed E-state index contributed by atoms with van der Waals surface area (Å²) in [5, 5.41) is 24.4. The third-order valence-electron chi connectivity index (χ3n) is 5.22. The van der Waals surface area contributed by atoms with E-state index in [1.165, 1.54) is 16.6 Å². The van der Waals surface area contributed by atoms with Crippen LogP contribution in [0.4, 0.5) is 5.00 Å². The van der Waals surface area contributed by atoms with Crippen LogP contribution in [-0.2, 0) is 24.7 Å². The molecular weight excluding hydrogens is 422 g/mol. The lowest BCUT2D eigenvalue weighted by Crippen LogP contribution is -2.14. The van der Waals surface area contributed by atoms with E-state index in [1.807, 2.05) is 29.1 Å². The van der Waals surface area contributed by atoms with Gasteiger partial charge in [-0.2, -0.15) is 5.26 Å². The fraction of sp³-hybridized carbons (Fsp3) is 0.400. The minimum absolute atomic E-state index is 0.127. The number of aromatic nitrogens is 3. The number of anilines is 1. The van der Waals surface area contributed by atoms with Crippen LogP contribution < -0.4 is 5.32 Å². The molecule has 1 aliphatic carbocycles. The highest BCUT2D eigenvalue weighted by atomic mass is 32.2. The maximum atomic E-state index is 12.5. The van der Waals surface area contributed by atoms with E-state index in [0.717, 1.165) is 41.9 Å². The van der Waals surface area contributed by atoms with E-state index >= 15 is 0 Å². The van der Waals surface area contributed by atoms with Gasteiger partial charge in [-0.25, -0.2) is 0 Å². The summed E-state index contributed by atoms with van der Waals surface area (Å²) in [4.78, 5) is 14.9. The molecule has 0 bridgehead atoms. The van der Waals surface area contributed by atoms with Crippen LogP contribution in [-0.4, -0.2) is 26.4 Å². The number of hydrogen-bond donors (Lipinski definition) is 1. The Bertz CT molecular complexity index is 1060. The van der Waals surface area contributed by atoms with Gasteiger partial charge in [-0.05, 0) is 42.2 Å². The molecule has 150 valence electrons. The van der Waals surface area contributed by atoms with Crippen LogP contribution in [0.5, 0.6) is 0 Å². The molecule has 6 nitrogen and oxygen atoms in total. The topological polar surface area (TPSA) is 83.6 Å². The number of nitrogens with one attached hydrogen (secondary N) is 1. The number of hydrogen-bond acceptors (Lipinski definition) is 7. The summed E-state index contributed by atoms with van der Waals surface area (Å²) in [5.74, 6) is 1.57. The normalized spacial score (nSPS) is 15.7. The van der Waals surface area contributed by atoms with Crippen molar-refractivity contribution in [3.8, 4) is 16.8 Å². The monoisotopic (exact) mass is 443 g/mol. The minimum atomic E-state index is -0.127. The SMILES string of the molecule is CCC1CCc2c(sc(NC(=O)CSc3nnc(-c4cccs4)n3C)c2C#N)C1. The molecule has 3 aromatic heterocycles. The van der Waals surface area contributed by atoms with Gasteiger partial charge in [0.25, 0.3) is 0 Å². The molecule has 1 aliphatic rings. The Hall–Kier alpha value is -2.15. The number of carbonyl (C=O) groups is 1. The van der Waals surface area contributed by atoms with Crippen molar-refractivity contribution >= 4 is 45.3 Å². The van der Waals surface area contributed by atoms with Crippen molar-refractivity contribution in [1.82, 2.24) is 14.8 Å². The zero-order valence-corrected chi connectivity index (χ0v) is 18.7. The predicted octanol–water partition coefficient (Wildman–Crippen LogP) is 4.72. The van der Waals surface area contributed by atoms with Gasteiger partial charge in [-0.3, -0.25) is 4.79 Å². The molecule has 9 heteroatoms. The molecule has 0 aliphatic heterocycles. The van der Waals surface area contributed by atoms with Gasteiger partial charge in [0.15, 0.2) is 11.0 Å². The minimum Gasteiger partial charge on any atom is -0.316 e. The zero-order valence-electron chi connectivity index (χ0n) is 16.3. The summed E-state index contributed by atoms with van der Waals surface area (Å²) in [7, 11) is 1.90. The molecule has 1 amide bonds. The highest BCUT2D eigenvalue weighted by molar-refractivity contribution is 7.99. The van der Waals surface area contributed by atoms with Gasteiger partial charge < -0.3 is 9.88 Å². The molecule has 0 saturated heterocycles. The molecule has 0 radical (unpaired) electrons. The van der Waals surface area contributed by atoms with Crippen molar-refractivity contribution in [2.45, 2.75) is 37.8 Å². The highest BCUT2D eigenvalue weighted by Crippen LogP contribution is 2.40. The fourth-order valence-corrected chi connectivity index (χ4v) is 6.35. The first-order valence-corrected chi connectivity index (χ1v) is 12.2. The standard InChI is InChI=1S/C20H21N5OS3/c1-3-12-6-7-13-14(10-21)19(29-16(13)9-12)22-17(26)11-28-20-24-23-18(25(20)2)15-5-4-8-27-15/h4-5,8,12H,3,6-7,9,11H2,1-2H3,(H,22,26). The molecule has 0 fully saturated rings. The first-order valence-electron chi connectivity index (χ1n) is 9.51. The number of fused-ring (bicyclic) bond motifs is 1. The third kappa shape index (κ3) is 4.10. The van der Waals surface area contributed by atoms with Gasteiger partial charge in [0.05, 0.1) is 16.2 Å². The van der Waals surface area contributed by atoms with Gasteiger partial charge in [-0.1, -0.05) is 31.2 Å². The summed E-state index contributed by atoms with van der Waals surface area (Å²) in [5.41, 5.74) is 1.79. The first-order chi connectivity index (χ1) is 14.1. The van der Waals surface area contributed by atoms with Crippen LogP contribution in [0.3, 0.4) is 0 Å². The van der Waals surface area contributed by atoms with Crippen LogP contribution in [0.1, 0.15) is 35.8 Å². The van der Waals surface area contributed by atoms with Gasteiger partial charge >= 0.3 is 0 Å². The van der Waals surface area contributed by atoms with Crippen molar-refractivity contribution in [1.29, 1.82) is 5.26 Å². The number of nitriles is 1. The Labute approximate surface area is 182 Å². The Morgan fingerprint density at radius 1 is 1.48 bits per heavy atom. The number of amides is 1. The average molecular weight is 444 g/mol. The molecule has 29 heavy (non-hydrogen) atoms. The first kappa shape index (κ1) is 20.1. The van der Waals surface area contributed by atoms with Gasteiger partial charge in [0.2, 0.25) is 5.91 Å². The second-order valence-electron chi connectivity index (χ2n) is 7.02. The highest BCUT2D eigenvalue weighted by Gasteiger charge is 2.26. The fourth-order valence-electron chi connectivity index (χ4n) is 3.56. The van der Waals surface area contributed by atoms with E-state index in [2.05, 4.69) is 28.5 Å². The Balaban J connectivity index is 1.42. The summed E-state index contributed by atoms with van der Waals surface area (Å²) < 4.78 is 1.90. The maximum Gasteiger partial charge on any atom is 0.235 e. The molecule has 1 unspecified atom stereocenters. The molecule has 3 heterocycles. The van der Waals surface area contributed by atoms with Crippen LogP contribution >= 0.6 is 34.4 Å². The molecule has 0 aromatic carbocycles. The molecule has 4 rings (SSSR count). The summed E-state index contributed by atoms with van der Waals surface area (Å²) in [6.45, 7) is 2.21. The van der Waals surface area contributed by atoms with Crippen molar-refractivity contribution in [3.63, 3.8) is 0 Å². The predicted molar refractivity (Wildman–Crippen MR) is 119 cm³/mol. The van der Waals surface area contributed by atoms with Gasteiger partial charge in [0, 0.05) is 11.9 Å². The number of carbonyl (C=O) groups excluding carboxylic acids is 1. The Kier molecular flexibility index (Phi) is 6.04. The Morgan fingerprint density at radius 2 is 2.34 bits per heavy atom. The Morgan fingerprint density at radius 3 is 3.07 bits per heavy atom. The van der Waals surface area contributed by atoms with Crippen LogP contribution in [0.15, 0.2) is 22.7 Å². The van der Waals surface area contributed by atoms with Crippen molar-refractivity contribution in [3.05, 3.63) is 33.5 Å². The van der Waals surface area contributed by atoms with Crippen molar-refractivity contribution in [2.75, 3.05) is 11.1 Å². The number of nitrogens with zero attached hydrogens (tertiary/aromatic N) is 4. The lowest BCUT2D eigenvalue weighted by molar-refractivity contribution is -0.113. The quantitative estimate of drug-likeness (QED) is 0.557. The summed E-state index contributed by atoms with van der Waals surface area (Å²) in [6.07, 6.45) is 4.22. The molecule has 0 saturated carbocycles. The van der Waals surface area contributed by atoms with Crippen molar-refractivity contribution in [2.24, 2.45) is 13.0 Å². The number of thiophene rings is 2. The smallest absolute Gasteiger partial charge is 0.235 e. The van der Waals surface area contributed by atoms with Crippen LogP contribution in [0.25, 0.3) is 10.7 Å². The molecule has 0 spiro atoms.